The van der Waals surface area contributed by atoms with Gasteiger partial charge in [0.15, 0.2) is 0 Å². The maximum absolute atomic E-state index is 12.9. The molecule has 1 heterocycles. The van der Waals surface area contributed by atoms with Gasteiger partial charge in [-0.25, -0.2) is 4.79 Å². The number of nitrogens with two attached hydrogens (primary N) is 1. The zero-order chi connectivity index (χ0) is 19.4. The smallest absolute Gasteiger partial charge is 0.341 e. The molecule has 0 saturated carbocycles. The molecule has 0 bridgehead atoms. The van der Waals surface area contributed by atoms with Crippen molar-refractivity contribution < 1.29 is 14.3 Å². The van der Waals surface area contributed by atoms with Crippen LogP contribution in [0.3, 0.4) is 0 Å². The highest BCUT2D eigenvalue weighted by molar-refractivity contribution is 7.19. The van der Waals surface area contributed by atoms with E-state index in [0.717, 1.165) is 16.9 Å². The first-order valence-corrected chi connectivity index (χ1v) is 9.42. The normalized spacial score (nSPS) is 10.4. The van der Waals surface area contributed by atoms with Crippen molar-refractivity contribution in [1.82, 2.24) is 0 Å². The summed E-state index contributed by atoms with van der Waals surface area (Å²) in [6, 6.07) is 15.9. The van der Waals surface area contributed by atoms with Crippen LogP contribution in [0.5, 0.6) is 0 Å². The molecule has 0 radical (unpaired) electrons. The Bertz CT molecular complexity index is 969. The van der Waals surface area contributed by atoms with Crippen molar-refractivity contribution in [1.29, 1.82) is 0 Å². The van der Waals surface area contributed by atoms with Crippen LogP contribution in [-0.2, 0) is 4.74 Å². The van der Waals surface area contributed by atoms with Gasteiger partial charge in [0.05, 0.1) is 6.61 Å². The van der Waals surface area contributed by atoms with Gasteiger partial charge in [0.1, 0.15) is 15.4 Å². The number of nitrogens with one attached hydrogen (secondary N) is 1. The van der Waals surface area contributed by atoms with Crippen molar-refractivity contribution >= 4 is 45.5 Å². The lowest BCUT2D eigenvalue weighted by Crippen LogP contribution is -2.12. The number of benzene rings is 2. The Balaban J connectivity index is 2.06. The predicted molar refractivity (Wildman–Crippen MR) is 110 cm³/mol. The van der Waals surface area contributed by atoms with E-state index >= 15 is 0 Å². The molecule has 1 amide bonds. The molecule has 1 aromatic heterocycles. The Morgan fingerprint density at radius 3 is 2.41 bits per heavy atom. The molecule has 0 spiro atoms. The van der Waals surface area contributed by atoms with Gasteiger partial charge in [-0.3, -0.25) is 4.79 Å². The van der Waals surface area contributed by atoms with E-state index in [1.54, 1.807) is 31.2 Å². The van der Waals surface area contributed by atoms with Crippen LogP contribution in [0.4, 0.5) is 10.7 Å². The highest BCUT2D eigenvalue weighted by atomic mass is 35.5. The van der Waals surface area contributed by atoms with Crippen LogP contribution in [0.15, 0.2) is 54.6 Å². The molecule has 0 saturated heterocycles. The maximum atomic E-state index is 12.9. The number of halogens is 1. The van der Waals surface area contributed by atoms with Crippen molar-refractivity contribution in [2.24, 2.45) is 0 Å². The topological polar surface area (TPSA) is 81.4 Å². The van der Waals surface area contributed by atoms with Crippen molar-refractivity contribution in [2.75, 3.05) is 17.7 Å². The monoisotopic (exact) mass is 400 g/mol. The number of nitrogen functional groups attached to an aromatic ring is 1. The molecule has 0 unspecified atom stereocenters. The van der Waals surface area contributed by atoms with Gasteiger partial charge in [0.25, 0.3) is 5.91 Å². The second kappa shape index (κ2) is 8.24. The summed E-state index contributed by atoms with van der Waals surface area (Å²) >= 11 is 6.94. The molecule has 0 atom stereocenters. The summed E-state index contributed by atoms with van der Waals surface area (Å²) in [5, 5.41) is 3.63. The lowest BCUT2D eigenvalue weighted by Gasteiger charge is -2.09. The van der Waals surface area contributed by atoms with Crippen molar-refractivity contribution in [2.45, 2.75) is 6.92 Å². The largest absolute Gasteiger partial charge is 0.462 e. The quantitative estimate of drug-likeness (QED) is 0.585. The number of esters is 1. The highest BCUT2D eigenvalue weighted by Crippen LogP contribution is 2.39. The van der Waals surface area contributed by atoms with Crippen LogP contribution < -0.4 is 11.1 Å². The van der Waals surface area contributed by atoms with E-state index in [4.69, 9.17) is 22.1 Å². The fraction of sp³-hybridized carbons (Fsp3) is 0.100. The number of carbonyl (C=O) groups is 2. The molecule has 0 aliphatic heterocycles. The van der Waals surface area contributed by atoms with Crippen LogP contribution in [-0.4, -0.2) is 18.5 Å². The number of hydrogen-bond acceptors (Lipinski definition) is 5. The highest BCUT2D eigenvalue weighted by Gasteiger charge is 2.27. The van der Waals surface area contributed by atoms with E-state index in [1.807, 2.05) is 30.3 Å². The van der Waals surface area contributed by atoms with Gasteiger partial charge < -0.3 is 15.8 Å². The fourth-order valence-corrected chi connectivity index (χ4v) is 3.71. The van der Waals surface area contributed by atoms with E-state index in [2.05, 4.69) is 5.32 Å². The first-order valence-electron chi connectivity index (χ1n) is 8.23. The molecule has 3 rings (SSSR count). The lowest BCUT2D eigenvalue weighted by atomic mass is 10.0. The molecule has 0 aliphatic carbocycles. The fourth-order valence-electron chi connectivity index (χ4n) is 2.62. The maximum Gasteiger partial charge on any atom is 0.341 e. The van der Waals surface area contributed by atoms with Gasteiger partial charge in [-0.05, 0) is 36.8 Å². The molecular weight excluding hydrogens is 384 g/mol. The van der Waals surface area contributed by atoms with E-state index < -0.39 is 5.97 Å². The SMILES string of the molecule is CCOC(=O)c1c(N)sc(C(=O)Nc2ccc(Cl)cc2)c1-c1ccccc1. The average Bonchev–Trinajstić information content (AvgIpc) is 3.02. The number of anilines is 2. The van der Waals surface area contributed by atoms with Gasteiger partial charge in [-0.15, -0.1) is 11.3 Å². The molecular formula is C20H17ClN2O3S. The number of hydrogen-bond donors (Lipinski definition) is 2. The molecule has 3 N–H and O–H groups in total. The summed E-state index contributed by atoms with van der Waals surface area (Å²) in [5.74, 6) is -0.904. The Morgan fingerprint density at radius 2 is 1.78 bits per heavy atom. The summed E-state index contributed by atoms with van der Waals surface area (Å²) in [7, 11) is 0. The number of amides is 1. The predicted octanol–water partition coefficient (Wildman–Crippen LogP) is 5.08. The Labute approximate surface area is 165 Å². The molecule has 0 fully saturated rings. The van der Waals surface area contributed by atoms with Gasteiger partial charge in [0.2, 0.25) is 0 Å². The first-order chi connectivity index (χ1) is 13.0. The molecule has 2 aromatic carbocycles. The molecule has 0 aliphatic rings. The Hall–Kier alpha value is -2.83. The second-order valence-electron chi connectivity index (χ2n) is 5.59. The van der Waals surface area contributed by atoms with Gasteiger partial charge in [0, 0.05) is 16.3 Å². The van der Waals surface area contributed by atoms with Crippen LogP contribution in [0, 0.1) is 0 Å². The zero-order valence-corrected chi connectivity index (χ0v) is 16.1. The summed E-state index contributed by atoms with van der Waals surface area (Å²) in [6.07, 6.45) is 0. The minimum atomic E-state index is -0.546. The Kier molecular flexibility index (Phi) is 5.78. The zero-order valence-electron chi connectivity index (χ0n) is 14.5. The van der Waals surface area contributed by atoms with Gasteiger partial charge >= 0.3 is 5.97 Å². The lowest BCUT2D eigenvalue weighted by molar-refractivity contribution is 0.0529. The van der Waals surface area contributed by atoms with E-state index in [9.17, 15) is 9.59 Å². The number of ether oxygens (including phenoxy) is 1. The van der Waals surface area contributed by atoms with Gasteiger partial charge in [-0.1, -0.05) is 41.9 Å². The minimum absolute atomic E-state index is 0.217. The average molecular weight is 401 g/mol. The first kappa shape index (κ1) is 18.9. The van der Waals surface area contributed by atoms with E-state index in [1.165, 1.54) is 0 Å². The molecule has 27 heavy (non-hydrogen) atoms. The third-order valence-corrected chi connectivity index (χ3v) is 5.06. The molecule has 5 nitrogen and oxygen atoms in total. The summed E-state index contributed by atoms with van der Waals surface area (Å²) < 4.78 is 5.14. The van der Waals surface area contributed by atoms with Crippen molar-refractivity contribution in [3.8, 4) is 11.1 Å². The number of rotatable bonds is 5. The number of carbonyl (C=O) groups excluding carboxylic acids is 2. The standard InChI is InChI=1S/C20H17ClN2O3S/c1-2-26-20(25)16-15(12-6-4-3-5-7-12)17(27-18(16)22)19(24)23-14-10-8-13(21)9-11-14/h3-11H,2,22H2,1H3,(H,23,24). The van der Waals surface area contributed by atoms with Crippen molar-refractivity contribution in [3.05, 3.63) is 70.1 Å². The van der Waals surface area contributed by atoms with Gasteiger partial charge in [-0.2, -0.15) is 0 Å². The molecule has 7 heteroatoms. The number of thiophene rings is 1. The van der Waals surface area contributed by atoms with Crippen LogP contribution in [0.2, 0.25) is 5.02 Å². The summed E-state index contributed by atoms with van der Waals surface area (Å²) in [6.45, 7) is 1.94. The summed E-state index contributed by atoms with van der Waals surface area (Å²) in [5.41, 5.74) is 8.08. The van der Waals surface area contributed by atoms with E-state index in [-0.39, 0.29) is 23.1 Å². The molecule has 138 valence electrons. The molecule has 3 aromatic rings. The van der Waals surface area contributed by atoms with Crippen LogP contribution in [0.25, 0.3) is 11.1 Å². The minimum Gasteiger partial charge on any atom is -0.462 e. The summed E-state index contributed by atoms with van der Waals surface area (Å²) in [4.78, 5) is 25.7. The van der Waals surface area contributed by atoms with Crippen LogP contribution in [0.1, 0.15) is 27.0 Å². The third-order valence-electron chi connectivity index (χ3n) is 3.79. The van der Waals surface area contributed by atoms with Crippen molar-refractivity contribution in [3.63, 3.8) is 0 Å². The third kappa shape index (κ3) is 4.13. The van der Waals surface area contributed by atoms with E-state index in [0.29, 0.717) is 21.2 Å². The van der Waals surface area contributed by atoms with Crippen LogP contribution >= 0.6 is 22.9 Å². The Morgan fingerprint density at radius 1 is 1.11 bits per heavy atom. The second-order valence-corrected chi connectivity index (χ2v) is 7.08.